The third-order valence-corrected chi connectivity index (χ3v) is 6.70. The number of nitrogens with zero attached hydrogens (tertiary/aromatic N) is 3. The molecule has 8 heteroatoms. The molecule has 0 bridgehead atoms. The molecule has 0 N–H and O–H groups in total. The van der Waals surface area contributed by atoms with Gasteiger partial charge in [-0.25, -0.2) is 8.42 Å². The summed E-state index contributed by atoms with van der Waals surface area (Å²) >= 11 is 0. The van der Waals surface area contributed by atoms with E-state index in [0.717, 1.165) is 32.4 Å². The summed E-state index contributed by atoms with van der Waals surface area (Å²) in [5, 5.41) is 0. The smallest absolute Gasteiger partial charge is 0.255 e. The number of amides is 2. The highest BCUT2D eigenvalue weighted by atomic mass is 32.2. The van der Waals surface area contributed by atoms with Crippen molar-refractivity contribution in [2.75, 3.05) is 31.6 Å². The van der Waals surface area contributed by atoms with Crippen molar-refractivity contribution in [3.63, 3.8) is 0 Å². The average Bonchev–Trinajstić information content (AvgIpc) is 3.00. The van der Waals surface area contributed by atoms with Gasteiger partial charge in [-0.1, -0.05) is 0 Å². The summed E-state index contributed by atoms with van der Waals surface area (Å²) in [4.78, 5) is 32.5. The second-order valence-electron chi connectivity index (χ2n) is 6.79. The second kappa shape index (κ2) is 7.11. The number of likely N-dealkylation sites (tertiary alicyclic amines) is 1. The fourth-order valence-electron chi connectivity index (χ4n) is 3.40. The molecule has 1 atom stereocenters. The van der Waals surface area contributed by atoms with Crippen LogP contribution in [0.2, 0.25) is 0 Å². The van der Waals surface area contributed by atoms with Crippen molar-refractivity contribution >= 4 is 21.7 Å². The van der Waals surface area contributed by atoms with E-state index >= 15 is 0 Å². The largest absolute Gasteiger partial charge is 0.339 e. The Morgan fingerprint density at radius 3 is 2.48 bits per heavy atom. The molecule has 1 aromatic rings. The lowest BCUT2D eigenvalue weighted by molar-refractivity contribution is 0.0723. The summed E-state index contributed by atoms with van der Waals surface area (Å²) in [7, 11) is -1.46. The van der Waals surface area contributed by atoms with Gasteiger partial charge in [-0.3, -0.25) is 14.6 Å². The van der Waals surface area contributed by atoms with Crippen molar-refractivity contribution in [3.8, 4) is 0 Å². The van der Waals surface area contributed by atoms with Crippen molar-refractivity contribution in [2.45, 2.75) is 31.7 Å². The first-order valence-electron chi connectivity index (χ1n) is 8.59. The van der Waals surface area contributed by atoms with E-state index in [4.69, 9.17) is 0 Å². The van der Waals surface area contributed by atoms with Crippen molar-refractivity contribution in [1.82, 2.24) is 14.8 Å². The summed E-state index contributed by atoms with van der Waals surface area (Å²) in [5.74, 6) is -0.299. The van der Waals surface area contributed by atoms with Gasteiger partial charge in [0, 0.05) is 38.6 Å². The molecule has 2 aliphatic rings. The Bertz CT molecular complexity index is 772. The number of sulfone groups is 1. The first-order chi connectivity index (χ1) is 11.9. The molecule has 2 saturated heterocycles. The lowest BCUT2D eigenvalue weighted by Crippen LogP contribution is -2.38. The van der Waals surface area contributed by atoms with Crippen LogP contribution in [0.5, 0.6) is 0 Å². The topological polar surface area (TPSA) is 87.7 Å². The van der Waals surface area contributed by atoms with Crippen molar-refractivity contribution in [1.29, 1.82) is 0 Å². The van der Waals surface area contributed by atoms with Crippen LogP contribution in [0.25, 0.3) is 0 Å². The lowest BCUT2D eigenvalue weighted by atomic mass is 10.1. The quantitative estimate of drug-likeness (QED) is 0.796. The summed E-state index contributed by atoms with van der Waals surface area (Å²) in [6.07, 6.45) is 6.48. The molecular formula is C17H23N3O4S. The number of rotatable bonds is 3. The number of piperidine rings is 1. The fourth-order valence-corrected chi connectivity index (χ4v) is 5.18. The van der Waals surface area contributed by atoms with Crippen LogP contribution in [0, 0.1) is 0 Å². The normalized spacial score (nSPS) is 22.6. The summed E-state index contributed by atoms with van der Waals surface area (Å²) in [6.45, 7) is 1.47. The lowest BCUT2D eigenvalue weighted by Gasteiger charge is -2.27. The zero-order chi connectivity index (χ0) is 18.0. The van der Waals surface area contributed by atoms with Crippen LogP contribution in [0.3, 0.4) is 0 Å². The van der Waals surface area contributed by atoms with E-state index < -0.39 is 9.84 Å². The third kappa shape index (κ3) is 4.00. The molecule has 25 heavy (non-hydrogen) atoms. The molecule has 0 aromatic carbocycles. The number of aromatic nitrogens is 1. The Balaban J connectivity index is 1.74. The summed E-state index contributed by atoms with van der Waals surface area (Å²) < 4.78 is 23.2. The molecule has 3 heterocycles. The van der Waals surface area contributed by atoms with Gasteiger partial charge in [0.25, 0.3) is 11.8 Å². The molecule has 3 rings (SSSR count). The van der Waals surface area contributed by atoms with Gasteiger partial charge < -0.3 is 9.80 Å². The molecular weight excluding hydrogens is 342 g/mol. The van der Waals surface area contributed by atoms with Crippen molar-refractivity contribution in [3.05, 3.63) is 29.6 Å². The SMILES string of the molecule is CN(C(=O)c1cncc(C(=O)N2CCCCC2)c1)C1CCS(=O)(=O)C1. The zero-order valence-corrected chi connectivity index (χ0v) is 15.2. The molecule has 136 valence electrons. The van der Waals surface area contributed by atoms with Gasteiger partial charge in [0.2, 0.25) is 0 Å². The van der Waals surface area contributed by atoms with Crippen LogP contribution < -0.4 is 0 Å². The molecule has 7 nitrogen and oxygen atoms in total. The number of hydrogen-bond donors (Lipinski definition) is 0. The second-order valence-corrected chi connectivity index (χ2v) is 9.02. The molecule has 0 saturated carbocycles. The van der Waals surface area contributed by atoms with E-state index in [9.17, 15) is 18.0 Å². The molecule has 2 fully saturated rings. The summed E-state index contributed by atoms with van der Waals surface area (Å²) in [5.41, 5.74) is 0.717. The van der Waals surface area contributed by atoms with E-state index in [1.807, 2.05) is 0 Å². The van der Waals surface area contributed by atoms with E-state index in [1.54, 1.807) is 18.0 Å². The van der Waals surface area contributed by atoms with Gasteiger partial charge in [-0.15, -0.1) is 0 Å². The minimum absolute atomic E-state index is 0.00489. The van der Waals surface area contributed by atoms with E-state index in [2.05, 4.69) is 4.98 Å². The van der Waals surface area contributed by atoms with E-state index in [-0.39, 0.29) is 29.4 Å². The maximum absolute atomic E-state index is 12.7. The van der Waals surface area contributed by atoms with Gasteiger partial charge in [0.05, 0.1) is 22.6 Å². The average molecular weight is 365 g/mol. The predicted molar refractivity (Wildman–Crippen MR) is 93.1 cm³/mol. The van der Waals surface area contributed by atoms with Crippen molar-refractivity contribution < 1.29 is 18.0 Å². The minimum Gasteiger partial charge on any atom is -0.339 e. The van der Waals surface area contributed by atoms with Gasteiger partial charge in [0.1, 0.15) is 0 Å². The van der Waals surface area contributed by atoms with Crippen LogP contribution >= 0.6 is 0 Å². The monoisotopic (exact) mass is 365 g/mol. The van der Waals surface area contributed by atoms with Gasteiger partial charge in [0.15, 0.2) is 9.84 Å². The Morgan fingerprint density at radius 2 is 1.84 bits per heavy atom. The zero-order valence-electron chi connectivity index (χ0n) is 14.3. The molecule has 0 spiro atoms. The number of hydrogen-bond acceptors (Lipinski definition) is 5. The molecule has 0 radical (unpaired) electrons. The van der Waals surface area contributed by atoms with Crippen molar-refractivity contribution in [2.24, 2.45) is 0 Å². The standard InChI is InChI=1S/C17H23N3O4S/c1-19(15-5-8-25(23,24)12-15)16(21)13-9-14(11-18-10-13)17(22)20-6-3-2-4-7-20/h9-11,15H,2-8,12H2,1H3. The highest BCUT2D eigenvalue weighted by Gasteiger charge is 2.33. The Labute approximate surface area is 147 Å². The number of pyridine rings is 1. The number of carbonyl (C=O) groups excluding carboxylic acids is 2. The molecule has 2 amide bonds. The minimum atomic E-state index is -3.06. The predicted octanol–water partition coefficient (Wildman–Crippen LogP) is 0.967. The Kier molecular flexibility index (Phi) is 5.08. The molecule has 1 aromatic heterocycles. The first-order valence-corrected chi connectivity index (χ1v) is 10.4. The third-order valence-electron chi connectivity index (χ3n) is 4.95. The Morgan fingerprint density at radius 1 is 1.16 bits per heavy atom. The maximum atomic E-state index is 12.7. The maximum Gasteiger partial charge on any atom is 0.255 e. The Hall–Kier alpha value is -1.96. The van der Waals surface area contributed by atoms with E-state index in [0.29, 0.717) is 17.5 Å². The highest BCUT2D eigenvalue weighted by molar-refractivity contribution is 7.91. The van der Waals surface area contributed by atoms with Gasteiger partial charge >= 0.3 is 0 Å². The van der Waals surface area contributed by atoms with Crippen LogP contribution in [-0.2, 0) is 9.84 Å². The fraction of sp³-hybridized carbons (Fsp3) is 0.588. The van der Waals surface area contributed by atoms with Crippen LogP contribution in [0.15, 0.2) is 18.5 Å². The first kappa shape index (κ1) is 17.8. The molecule has 2 aliphatic heterocycles. The van der Waals surface area contributed by atoms with E-state index in [1.165, 1.54) is 17.3 Å². The van der Waals surface area contributed by atoms with Gasteiger partial charge in [-0.2, -0.15) is 0 Å². The van der Waals surface area contributed by atoms with Gasteiger partial charge in [-0.05, 0) is 31.7 Å². The number of carbonyl (C=O) groups is 2. The summed E-state index contributed by atoms with van der Waals surface area (Å²) in [6, 6.07) is 1.24. The molecule has 1 unspecified atom stereocenters. The van der Waals surface area contributed by atoms with Crippen LogP contribution in [0.4, 0.5) is 0 Å². The highest BCUT2D eigenvalue weighted by Crippen LogP contribution is 2.19. The molecule has 0 aliphatic carbocycles. The van der Waals surface area contributed by atoms with Crippen LogP contribution in [0.1, 0.15) is 46.4 Å². The van der Waals surface area contributed by atoms with Crippen LogP contribution in [-0.4, -0.2) is 72.7 Å².